The summed E-state index contributed by atoms with van der Waals surface area (Å²) in [4.78, 5) is 25.4. The molecule has 0 aliphatic carbocycles. The SMILES string of the molecule is Cc1ncc2c(-c3nnc4c(n3)NC(=O)C4(C)C)nn(Cc3ccccc3F)c2n1. The van der Waals surface area contributed by atoms with Gasteiger partial charge in [-0.1, -0.05) is 18.2 Å². The minimum Gasteiger partial charge on any atom is -0.308 e. The van der Waals surface area contributed by atoms with E-state index >= 15 is 0 Å². The largest absolute Gasteiger partial charge is 0.308 e. The molecule has 30 heavy (non-hydrogen) atoms. The fraction of sp³-hybridized carbons (Fsp3) is 0.250. The lowest BCUT2D eigenvalue weighted by Crippen LogP contribution is -2.27. The van der Waals surface area contributed by atoms with Crippen molar-refractivity contribution in [2.75, 3.05) is 5.32 Å². The van der Waals surface area contributed by atoms with Gasteiger partial charge in [-0.3, -0.25) is 4.79 Å². The highest BCUT2D eigenvalue weighted by Gasteiger charge is 2.42. The van der Waals surface area contributed by atoms with Crippen LogP contribution < -0.4 is 5.32 Å². The number of hydrogen-bond donors (Lipinski definition) is 1. The molecule has 4 heterocycles. The molecule has 0 fully saturated rings. The molecule has 0 bridgehead atoms. The standard InChI is InChI=1S/C20H17FN8O/c1-10-22-8-12-14(16-24-17-15(26-27-16)20(2,3)19(30)25-17)28-29(18(12)23-10)9-11-6-4-5-7-13(11)21/h4-8H,9H2,1-3H3,(H,24,25,27,30). The number of nitrogens with zero attached hydrogens (tertiary/aromatic N) is 7. The molecule has 10 heteroatoms. The van der Waals surface area contributed by atoms with Crippen molar-refractivity contribution in [3.05, 3.63) is 53.4 Å². The number of halogens is 1. The number of rotatable bonds is 3. The molecule has 0 unspecified atom stereocenters. The monoisotopic (exact) mass is 404 g/mol. The van der Waals surface area contributed by atoms with Gasteiger partial charge in [-0.05, 0) is 26.8 Å². The van der Waals surface area contributed by atoms with Gasteiger partial charge in [-0.2, -0.15) is 5.10 Å². The summed E-state index contributed by atoms with van der Waals surface area (Å²) in [6.45, 7) is 5.48. The first-order valence-corrected chi connectivity index (χ1v) is 9.35. The van der Waals surface area contributed by atoms with Crippen LogP contribution in [-0.2, 0) is 16.8 Å². The normalized spacial score (nSPS) is 14.7. The predicted octanol–water partition coefficient (Wildman–Crippen LogP) is 2.40. The van der Waals surface area contributed by atoms with E-state index in [0.29, 0.717) is 39.6 Å². The summed E-state index contributed by atoms with van der Waals surface area (Å²) >= 11 is 0. The third-order valence-electron chi connectivity index (χ3n) is 5.18. The van der Waals surface area contributed by atoms with Crippen molar-refractivity contribution in [3.8, 4) is 11.5 Å². The topological polar surface area (TPSA) is 111 Å². The number of aromatic nitrogens is 7. The number of anilines is 1. The molecule has 5 rings (SSSR count). The zero-order chi connectivity index (χ0) is 21.0. The first kappa shape index (κ1) is 18.2. The highest BCUT2D eigenvalue weighted by Crippen LogP contribution is 2.35. The molecule has 1 amide bonds. The van der Waals surface area contributed by atoms with Gasteiger partial charge in [0, 0.05) is 11.8 Å². The molecule has 150 valence electrons. The number of benzene rings is 1. The number of nitrogens with one attached hydrogen (secondary N) is 1. The number of fused-ring (bicyclic) bond motifs is 2. The van der Waals surface area contributed by atoms with Gasteiger partial charge in [0.15, 0.2) is 11.5 Å². The average Bonchev–Trinajstić information content (AvgIpc) is 3.17. The Hall–Kier alpha value is -3.82. The second-order valence-corrected chi connectivity index (χ2v) is 7.66. The van der Waals surface area contributed by atoms with Gasteiger partial charge < -0.3 is 5.32 Å². The lowest BCUT2D eigenvalue weighted by Gasteiger charge is -2.11. The molecule has 9 nitrogen and oxygen atoms in total. The molecule has 1 aliphatic rings. The highest BCUT2D eigenvalue weighted by atomic mass is 19.1. The van der Waals surface area contributed by atoms with Crippen LogP contribution in [0.2, 0.25) is 0 Å². The molecule has 4 aromatic rings. The Kier molecular flexibility index (Phi) is 3.85. The van der Waals surface area contributed by atoms with Crippen molar-refractivity contribution in [2.45, 2.75) is 32.7 Å². The van der Waals surface area contributed by atoms with Crippen LogP contribution in [0, 0.1) is 12.7 Å². The minimum atomic E-state index is -0.805. The summed E-state index contributed by atoms with van der Waals surface area (Å²) < 4.78 is 15.8. The summed E-state index contributed by atoms with van der Waals surface area (Å²) in [5.41, 5.74) is 1.11. The highest BCUT2D eigenvalue weighted by molar-refractivity contribution is 6.04. The Labute approximate surface area is 170 Å². The Bertz CT molecular complexity index is 1330. The average molecular weight is 404 g/mol. The fourth-order valence-electron chi connectivity index (χ4n) is 3.41. The van der Waals surface area contributed by atoms with Gasteiger partial charge in [0.05, 0.1) is 17.3 Å². The molecule has 1 aromatic carbocycles. The van der Waals surface area contributed by atoms with Crippen LogP contribution in [0.5, 0.6) is 0 Å². The maximum absolute atomic E-state index is 14.2. The zero-order valence-electron chi connectivity index (χ0n) is 16.5. The summed E-state index contributed by atoms with van der Waals surface area (Å²) in [6, 6.07) is 6.50. The van der Waals surface area contributed by atoms with E-state index in [1.54, 1.807) is 49.8 Å². The molecular weight excluding hydrogens is 387 g/mol. The maximum atomic E-state index is 14.2. The number of hydrogen-bond acceptors (Lipinski definition) is 7. The van der Waals surface area contributed by atoms with Gasteiger partial charge in [0.25, 0.3) is 0 Å². The van der Waals surface area contributed by atoms with Crippen LogP contribution in [0.4, 0.5) is 10.2 Å². The third-order valence-corrected chi connectivity index (χ3v) is 5.18. The van der Waals surface area contributed by atoms with Gasteiger partial charge in [-0.25, -0.2) is 24.0 Å². The molecule has 0 saturated carbocycles. The molecule has 1 aliphatic heterocycles. The number of amides is 1. The molecule has 1 N–H and O–H groups in total. The van der Waals surface area contributed by atoms with Crippen LogP contribution in [0.25, 0.3) is 22.6 Å². The molecule has 0 atom stereocenters. The van der Waals surface area contributed by atoms with Crippen molar-refractivity contribution in [2.24, 2.45) is 0 Å². The summed E-state index contributed by atoms with van der Waals surface area (Å²) in [5, 5.41) is 16.4. The quantitative estimate of drug-likeness (QED) is 0.558. The molecule has 0 radical (unpaired) electrons. The van der Waals surface area contributed by atoms with Crippen molar-refractivity contribution in [3.63, 3.8) is 0 Å². The Balaban J connectivity index is 1.65. The van der Waals surface area contributed by atoms with Gasteiger partial charge >= 0.3 is 0 Å². The Morgan fingerprint density at radius 1 is 1.17 bits per heavy atom. The summed E-state index contributed by atoms with van der Waals surface area (Å²) in [6.07, 6.45) is 1.64. The summed E-state index contributed by atoms with van der Waals surface area (Å²) in [5.74, 6) is 0.640. The van der Waals surface area contributed by atoms with E-state index in [4.69, 9.17) is 0 Å². The second-order valence-electron chi connectivity index (χ2n) is 7.66. The number of aryl methyl sites for hydroxylation is 1. The lowest BCUT2D eigenvalue weighted by atomic mass is 9.91. The molecule has 0 spiro atoms. The fourth-order valence-corrected chi connectivity index (χ4v) is 3.41. The van der Waals surface area contributed by atoms with E-state index in [1.165, 1.54) is 6.07 Å². The Morgan fingerprint density at radius 2 is 1.97 bits per heavy atom. The lowest BCUT2D eigenvalue weighted by molar-refractivity contribution is -0.119. The van der Waals surface area contributed by atoms with E-state index in [-0.39, 0.29) is 24.1 Å². The van der Waals surface area contributed by atoms with Crippen molar-refractivity contribution in [1.82, 2.24) is 34.9 Å². The van der Waals surface area contributed by atoms with Gasteiger partial charge in [0.2, 0.25) is 11.7 Å². The zero-order valence-corrected chi connectivity index (χ0v) is 16.5. The third kappa shape index (κ3) is 2.71. The maximum Gasteiger partial charge on any atom is 0.237 e. The first-order valence-electron chi connectivity index (χ1n) is 9.35. The van der Waals surface area contributed by atoms with E-state index < -0.39 is 5.41 Å². The van der Waals surface area contributed by atoms with Crippen molar-refractivity contribution in [1.29, 1.82) is 0 Å². The summed E-state index contributed by atoms with van der Waals surface area (Å²) in [7, 11) is 0. The van der Waals surface area contributed by atoms with Gasteiger partial charge in [-0.15, -0.1) is 10.2 Å². The van der Waals surface area contributed by atoms with Crippen LogP contribution in [0.3, 0.4) is 0 Å². The predicted molar refractivity (Wildman–Crippen MR) is 106 cm³/mol. The van der Waals surface area contributed by atoms with Crippen molar-refractivity contribution >= 4 is 22.8 Å². The first-order chi connectivity index (χ1) is 14.3. The van der Waals surface area contributed by atoms with Crippen LogP contribution >= 0.6 is 0 Å². The van der Waals surface area contributed by atoms with E-state index in [9.17, 15) is 9.18 Å². The van der Waals surface area contributed by atoms with Crippen molar-refractivity contribution < 1.29 is 9.18 Å². The molecular formula is C20H17FN8O. The van der Waals surface area contributed by atoms with E-state index in [0.717, 1.165) is 0 Å². The molecule has 0 saturated heterocycles. The van der Waals surface area contributed by atoms with E-state index in [2.05, 4.69) is 35.6 Å². The number of carbonyl (C=O) groups is 1. The smallest absolute Gasteiger partial charge is 0.237 e. The van der Waals surface area contributed by atoms with E-state index in [1.807, 2.05) is 0 Å². The second kappa shape index (κ2) is 6.34. The van der Waals surface area contributed by atoms with Gasteiger partial charge in [0.1, 0.15) is 23.0 Å². The molecule has 3 aromatic heterocycles. The van der Waals surface area contributed by atoms with Crippen LogP contribution in [-0.4, -0.2) is 40.8 Å². The van der Waals surface area contributed by atoms with Crippen LogP contribution in [0.1, 0.15) is 30.9 Å². The number of carbonyl (C=O) groups excluding carboxylic acids is 1. The van der Waals surface area contributed by atoms with Crippen LogP contribution in [0.15, 0.2) is 30.5 Å². The minimum absolute atomic E-state index is 0.182. The Morgan fingerprint density at radius 3 is 2.77 bits per heavy atom.